The van der Waals surface area contributed by atoms with Crippen molar-refractivity contribution in [2.45, 2.75) is 26.2 Å². The number of H-pyrrole nitrogens is 1. The zero-order valence-electron chi connectivity index (χ0n) is 14.4. The number of Topliss-reactive ketones (excluding diaryl/α,β-unsaturated/α-hetero) is 1. The monoisotopic (exact) mass is 350 g/mol. The van der Waals surface area contributed by atoms with E-state index in [1.54, 1.807) is 30.3 Å². The van der Waals surface area contributed by atoms with E-state index in [-0.39, 0.29) is 23.4 Å². The van der Waals surface area contributed by atoms with Gasteiger partial charge in [-0.05, 0) is 74.2 Å². The average molecular weight is 350 g/mol. The number of hydrogen-bond donors (Lipinski definition) is 2. The molecule has 132 valence electrons. The molecule has 0 saturated carbocycles. The summed E-state index contributed by atoms with van der Waals surface area (Å²) in [5.74, 6) is -0.472. The number of ketones is 1. The molecule has 1 amide bonds. The average Bonchev–Trinajstić information content (AvgIpc) is 2.99. The van der Waals surface area contributed by atoms with Crippen molar-refractivity contribution < 1.29 is 14.0 Å². The molecule has 3 aromatic rings. The Morgan fingerprint density at radius 3 is 2.65 bits per heavy atom. The van der Waals surface area contributed by atoms with Crippen molar-refractivity contribution in [2.75, 3.05) is 5.32 Å². The predicted octanol–water partition coefficient (Wildman–Crippen LogP) is 4.25. The number of aryl methyl sites for hydroxylation is 1. The minimum atomic E-state index is -0.267. The fourth-order valence-corrected chi connectivity index (χ4v) is 3.65. The molecule has 1 aromatic heterocycles. The first-order valence-corrected chi connectivity index (χ1v) is 8.72. The Bertz CT molecular complexity index is 1000. The summed E-state index contributed by atoms with van der Waals surface area (Å²) >= 11 is 0. The quantitative estimate of drug-likeness (QED) is 0.694. The smallest absolute Gasteiger partial charge is 0.227 e. The fourth-order valence-electron chi connectivity index (χ4n) is 3.65. The number of carbonyl (C=O) groups is 2. The van der Waals surface area contributed by atoms with Crippen molar-refractivity contribution in [1.29, 1.82) is 0 Å². The Hall–Kier alpha value is -2.95. The van der Waals surface area contributed by atoms with Crippen molar-refractivity contribution in [3.8, 4) is 0 Å². The third-order valence-electron chi connectivity index (χ3n) is 5.08. The van der Waals surface area contributed by atoms with Crippen molar-refractivity contribution in [2.24, 2.45) is 5.92 Å². The van der Waals surface area contributed by atoms with E-state index in [1.807, 2.05) is 0 Å². The van der Waals surface area contributed by atoms with Gasteiger partial charge in [0.2, 0.25) is 5.91 Å². The summed E-state index contributed by atoms with van der Waals surface area (Å²) in [7, 11) is 0. The second-order valence-electron chi connectivity index (χ2n) is 6.83. The van der Waals surface area contributed by atoms with Crippen LogP contribution in [0.15, 0.2) is 42.5 Å². The first-order valence-electron chi connectivity index (χ1n) is 8.72. The molecule has 4 rings (SSSR count). The van der Waals surface area contributed by atoms with Crippen molar-refractivity contribution in [1.82, 2.24) is 4.98 Å². The Kier molecular flexibility index (Phi) is 4.07. The molecule has 5 heteroatoms. The highest BCUT2D eigenvalue weighted by Crippen LogP contribution is 2.32. The standard InChI is InChI=1S/C21H19FN2O2/c1-12(25)13-2-6-16(7-3-13)23-21(26)14-4-8-19-17(10-14)18-11-15(22)5-9-20(18)24-19/h2-3,5-7,9,11,14,24H,4,8,10H2,1H3,(H,23,26). The van der Waals surface area contributed by atoms with E-state index in [0.717, 1.165) is 35.0 Å². The lowest BCUT2D eigenvalue weighted by molar-refractivity contribution is -0.120. The molecule has 2 aromatic carbocycles. The number of halogens is 1. The van der Waals surface area contributed by atoms with E-state index in [2.05, 4.69) is 10.3 Å². The maximum Gasteiger partial charge on any atom is 0.227 e. The molecule has 1 heterocycles. The normalized spacial score (nSPS) is 16.3. The molecule has 0 radical (unpaired) electrons. The number of anilines is 1. The third kappa shape index (κ3) is 3.01. The Labute approximate surface area is 150 Å². The number of hydrogen-bond acceptors (Lipinski definition) is 2. The van der Waals surface area contributed by atoms with Crippen LogP contribution in [0.5, 0.6) is 0 Å². The van der Waals surface area contributed by atoms with Crippen molar-refractivity contribution in [3.63, 3.8) is 0 Å². The molecule has 1 aliphatic rings. The molecule has 2 N–H and O–H groups in total. The number of fused-ring (bicyclic) bond motifs is 3. The van der Waals surface area contributed by atoms with Gasteiger partial charge in [-0.2, -0.15) is 0 Å². The molecule has 1 atom stereocenters. The second kappa shape index (κ2) is 6.41. The molecule has 0 aliphatic heterocycles. The Balaban J connectivity index is 1.52. The van der Waals surface area contributed by atoms with Crippen LogP contribution in [-0.2, 0) is 17.6 Å². The number of carbonyl (C=O) groups excluding carboxylic acids is 2. The Morgan fingerprint density at radius 1 is 1.15 bits per heavy atom. The van der Waals surface area contributed by atoms with Crippen LogP contribution in [0.1, 0.15) is 35.0 Å². The van der Waals surface area contributed by atoms with E-state index >= 15 is 0 Å². The summed E-state index contributed by atoms with van der Waals surface area (Å²) in [5, 5.41) is 3.79. The van der Waals surface area contributed by atoms with Crippen LogP contribution in [-0.4, -0.2) is 16.7 Å². The first-order chi connectivity index (χ1) is 12.5. The predicted molar refractivity (Wildman–Crippen MR) is 98.8 cm³/mol. The number of aromatic amines is 1. The van der Waals surface area contributed by atoms with Crippen LogP contribution in [0, 0.1) is 11.7 Å². The molecular formula is C21H19FN2O2. The first kappa shape index (κ1) is 16.5. The lowest BCUT2D eigenvalue weighted by atomic mass is 9.85. The minimum absolute atomic E-state index is 0.00532. The molecular weight excluding hydrogens is 331 g/mol. The van der Waals surface area contributed by atoms with Gasteiger partial charge in [-0.1, -0.05) is 0 Å². The summed E-state index contributed by atoms with van der Waals surface area (Å²) in [6, 6.07) is 11.6. The highest BCUT2D eigenvalue weighted by Gasteiger charge is 2.27. The van der Waals surface area contributed by atoms with Gasteiger partial charge < -0.3 is 10.3 Å². The summed E-state index contributed by atoms with van der Waals surface area (Å²) < 4.78 is 13.6. The number of amides is 1. The van der Waals surface area contributed by atoms with Gasteiger partial charge in [0.25, 0.3) is 0 Å². The van der Waals surface area contributed by atoms with Gasteiger partial charge in [0.1, 0.15) is 5.82 Å². The van der Waals surface area contributed by atoms with Gasteiger partial charge in [-0.3, -0.25) is 9.59 Å². The van der Waals surface area contributed by atoms with Crippen LogP contribution < -0.4 is 5.32 Å². The van der Waals surface area contributed by atoms with Gasteiger partial charge in [0.15, 0.2) is 5.78 Å². The zero-order chi connectivity index (χ0) is 18.3. The van der Waals surface area contributed by atoms with Crippen LogP contribution in [0.3, 0.4) is 0 Å². The van der Waals surface area contributed by atoms with E-state index in [0.29, 0.717) is 17.7 Å². The maximum atomic E-state index is 13.6. The minimum Gasteiger partial charge on any atom is -0.358 e. The van der Waals surface area contributed by atoms with Gasteiger partial charge in [0.05, 0.1) is 0 Å². The fraction of sp³-hybridized carbons (Fsp3) is 0.238. The van der Waals surface area contributed by atoms with Crippen molar-refractivity contribution >= 4 is 28.3 Å². The molecule has 1 aliphatic carbocycles. The highest BCUT2D eigenvalue weighted by molar-refractivity contribution is 5.96. The lowest BCUT2D eigenvalue weighted by Crippen LogP contribution is -2.28. The number of aromatic nitrogens is 1. The zero-order valence-corrected chi connectivity index (χ0v) is 14.4. The van der Waals surface area contributed by atoms with E-state index < -0.39 is 0 Å². The molecule has 0 bridgehead atoms. The SMILES string of the molecule is CC(=O)c1ccc(NC(=O)C2CCc3[nH]c4ccc(F)cc4c3C2)cc1. The van der Waals surface area contributed by atoms with Crippen LogP contribution in [0.2, 0.25) is 0 Å². The van der Waals surface area contributed by atoms with Crippen molar-refractivity contribution in [3.05, 3.63) is 65.1 Å². The summed E-state index contributed by atoms with van der Waals surface area (Å²) in [6.45, 7) is 1.51. The van der Waals surface area contributed by atoms with E-state index in [4.69, 9.17) is 0 Å². The number of nitrogens with one attached hydrogen (secondary N) is 2. The topological polar surface area (TPSA) is 62.0 Å². The van der Waals surface area contributed by atoms with E-state index in [1.165, 1.54) is 19.1 Å². The molecule has 0 fully saturated rings. The molecule has 26 heavy (non-hydrogen) atoms. The lowest BCUT2D eigenvalue weighted by Gasteiger charge is -2.22. The van der Waals surface area contributed by atoms with E-state index in [9.17, 15) is 14.0 Å². The second-order valence-corrected chi connectivity index (χ2v) is 6.83. The summed E-state index contributed by atoms with van der Waals surface area (Å²) in [5.41, 5.74) is 4.34. The van der Waals surface area contributed by atoms with Crippen LogP contribution in [0.4, 0.5) is 10.1 Å². The molecule has 1 unspecified atom stereocenters. The molecule has 0 saturated heterocycles. The van der Waals surface area contributed by atoms with Crippen LogP contribution in [0.25, 0.3) is 10.9 Å². The number of benzene rings is 2. The van der Waals surface area contributed by atoms with Gasteiger partial charge in [-0.15, -0.1) is 0 Å². The summed E-state index contributed by atoms with van der Waals surface area (Å²) in [6.07, 6.45) is 2.11. The Morgan fingerprint density at radius 2 is 1.92 bits per heavy atom. The van der Waals surface area contributed by atoms with Gasteiger partial charge in [-0.25, -0.2) is 4.39 Å². The van der Waals surface area contributed by atoms with Gasteiger partial charge >= 0.3 is 0 Å². The molecule has 4 nitrogen and oxygen atoms in total. The third-order valence-corrected chi connectivity index (χ3v) is 5.08. The van der Waals surface area contributed by atoms with Crippen LogP contribution >= 0.6 is 0 Å². The number of rotatable bonds is 3. The summed E-state index contributed by atoms with van der Waals surface area (Å²) in [4.78, 5) is 27.3. The maximum absolute atomic E-state index is 13.6. The molecule has 0 spiro atoms. The largest absolute Gasteiger partial charge is 0.358 e. The highest BCUT2D eigenvalue weighted by atomic mass is 19.1. The van der Waals surface area contributed by atoms with Gasteiger partial charge in [0, 0.05) is 33.8 Å².